The van der Waals surface area contributed by atoms with E-state index in [9.17, 15) is 9.90 Å². The Morgan fingerprint density at radius 1 is 1.28 bits per heavy atom. The second kappa shape index (κ2) is 10.5. The first kappa shape index (κ1) is 17.6. The first-order valence-corrected chi connectivity index (χ1v) is 7.17. The van der Waals surface area contributed by atoms with E-state index in [4.69, 9.17) is 0 Å². The summed E-state index contributed by atoms with van der Waals surface area (Å²) < 4.78 is 0. The number of Topliss-reactive ketones (excluding diaryl/α,β-unsaturated/α-hetero) is 1. The molecule has 0 aliphatic rings. The van der Waals surface area contributed by atoms with Crippen molar-refractivity contribution in [3.8, 4) is 0 Å². The first-order valence-electron chi connectivity index (χ1n) is 7.17. The summed E-state index contributed by atoms with van der Waals surface area (Å²) in [6.07, 6.45) is 4.03. The number of aliphatic hydroxyl groups excluding tert-OH is 1. The van der Waals surface area contributed by atoms with E-state index in [-0.39, 0.29) is 12.0 Å². The van der Waals surface area contributed by atoms with Crippen LogP contribution in [-0.4, -0.2) is 30.6 Å². The van der Waals surface area contributed by atoms with Crippen LogP contribution in [0.5, 0.6) is 0 Å². The molecule has 3 atom stereocenters. The molecule has 4 nitrogen and oxygen atoms in total. The molecule has 0 aliphatic heterocycles. The minimum absolute atomic E-state index is 0.197. The van der Waals surface area contributed by atoms with Gasteiger partial charge in [0, 0.05) is 18.9 Å². The number of hydrazine groups is 1. The molecule has 0 aromatic rings. The monoisotopic (exact) mass is 258 g/mol. The smallest absolute Gasteiger partial charge is 0.135 e. The maximum Gasteiger partial charge on any atom is 0.135 e. The van der Waals surface area contributed by atoms with Crippen molar-refractivity contribution in [3.05, 3.63) is 0 Å². The van der Waals surface area contributed by atoms with Gasteiger partial charge in [-0.2, -0.15) is 0 Å². The molecular formula is C14H30N2O2. The molecule has 0 amide bonds. The van der Waals surface area contributed by atoms with Crippen molar-refractivity contribution in [2.24, 2.45) is 11.8 Å². The third-order valence-electron chi connectivity index (χ3n) is 3.60. The van der Waals surface area contributed by atoms with Gasteiger partial charge in [-0.3, -0.25) is 15.6 Å². The lowest BCUT2D eigenvalue weighted by Crippen LogP contribution is -2.35. The zero-order valence-electron chi connectivity index (χ0n) is 12.3. The van der Waals surface area contributed by atoms with E-state index in [0.29, 0.717) is 24.7 Å². The summed E-state index contributed by atoms with van der Waals surface area (Å²) >= 11 is 0. The molecule has 0 saturated heterocycles. The molecule has 1 unspecified atom stereocenters. The lowest BCUT2D eigenvalue weighted by molar-refractivity contribution is -0.124. The molecule has 0 fully saturated rings. The van der Waals surface area contributed by atoms with Gasteiger partial charge in [0.05, 0.1) is 6.10 Å². The van der Waals surface area contributed by atoms with Crippen LogP contribution in [0, 0.1) is 11.8 Å². The van der Waals surface area contributed by atoms with Crippen molar-refractivity contribution >= 4 is 5.78 Å². The zero-order valence-corrected chi connectivity index (χ0v) is 12.3. The van der Waals surface area contributed by atoms with E-state index < -0.39 is 0 Å². The topological polar surface area (TPSA) is 61.4 Å². The lowest BCUT2D eigenvalue weighted by atomic mass is 9.83. The van der Waals surface area contributed by atoms with Crippen molar-refractivity contribution in [2.75, 3.05) is 13.6 Å². The Balaban J connectivity index is 3.86. The van der Waals surface area contributed by atoms with Gasteiger partial charge in [-0.25, -0.2) is 0 Å². The number of aliphatic hydroxyl groups is 1. The summed E-state index contributed by atoms with van der Waals surface area (Å²) in [6, 6.07) is 0. The number of nitrogens with one attached hydrogen (secondary N) is 2. The molecule has 0 rings (SSSR count). The van der Waals surface area contributed by atoms with Crippen LogP contribution in [-0.2, 0) is 4.79 Å². The van der Waals surface area contributed by atoms with Crippen molar-refractivity contribution in [3.63, 3.8) is 0 Å². The molecule has 4 heteroatoms. The van der Waals surface area contributed by atoms with Gasteiger partial charge in [0.1, 0.15) is 5.78 Å². The standard InChI is InChI=1S/C14H30N2O2/c1-5-13(14(18)6-2)11(3)8-7-9-12(17)10-16-15-4/h11-13,15-17H,5-10H2,1-4H3/t11-,12?,13-/m0/s1. The van der Waals surface area contributed by atoms with Crippen LogP contribution in [0.3, 0.4) is 0 Å². The van der Waals surface area contributed by atoms with E-state index in [0.717, 1.165) is 25.7 Å². The highest BCUT2D eigenvalue weighted by Gasteiger charge is 2.21. The zero-order chi connectivity index (χ0) is 14.0. The van der Waals surface area contributed by atoms with Gasteiger partial charge in [-0.15, -0.1) is 0 Å². The largest absolute Gasteiger partial charge is 0.392 e. The molecule has 0 heterocycles. The fraction of sp³-hybridized carbons (Fsp3) is 0.929. The van der Waals surface area contributed by atoms with Crippen LogP contribution in [0.25, 0.3) is 0 Å². The van der Waals surface area contributed by atoms with E-state index in [1.807, 2.05) is 6.92 Å². The average molecular weight is 258 g/mol. The number of carbonyl (C=O) groups excluding carboxylic acids is 1. The maximum absolute atomic E-state index is 11.8. The van der Waals surface area contributed by atoms with E-state index in [2.05, 4.69) is 24.7 Å². The summed E-state index contributed by atoms with van der Waals surface area (Å²) in [5, 5.41) is 9.67. The third kappa shape index (κ3) is 7.09. The van der Waals surface area contributed by atoms with Gasteiger partial charge in [-0.1, -0.05) is 27.2 Å². The van der Waals surface area contributed by atoms with Crippen molar-refractivity contribution in [2.45, 2.75) is 59.0 Å². The summed E-state index contributed by atoms with van der Waals surface area (Å²) in [6.45, 7) is 6.74. The van der Waals surface area contributed by atoms with Crippen LogP contribution in [0.4, 0.5) is 0 Å². The van der Waals surface area contributed by atoms with Gasteiger partial charge >= 0.3 is 0 Å². The highest BCUT2D eigenvalue weighted by molar-refractivity contribution is 5.80. The predicted molar refractivity (Wildman–Crippen MR) is 75.2 cm³/mol. The van der Waals surface area contributed by atoms with Crippen molar-refractivity contribution in [1.29, 1.82) is 0 Å². The molecule has 108 valence electrons. The van der Waals surface area contributed by atoms with Gasteiger partial charge in [0.25, 0.3) is 0 Å². The number of rotatable bonds is 11. The number of carbonyl (C=O) groups is 1. The maximum atomic E-state index is 11.8. The SMILES string of the molecule is CCC(=O)[C@@H](CC)[C@@H](C)CCCC(O)CNNC. The molecule has 0 aromatic heterocycles. The minimum Gasteiger partial charge on any atom is -0.392 e. The van der Waals surface area contributed by atoms with Crippen LogP contribution < -0.4 is 10.9 Å². The Kier molecular flexibility index (Phi) is 10.2. The van der Waals surface area contributed by atoms with E-state index >= 15 is 0 Å². The van der Waals surface area contributed by atoms with Crippen LogP contribution in [0.15, 0.2) is 0 Å². The summed E-state index contributed by atoms with van der Waals surface area (Å²) in [5.74, 6) is 0.997. The van der Waals surface area contributed by atoms with Crippen LogP contribution in [0.2, 0.25) is 0 Å². The minimum atomic E-state index is -0.313. The number of hydrogen-bond donors (Lipinski definition) is 3. The molecule has 0 radical (unpaired) electrons. The molecule has 0 saturated carbocycles. The molecule has 0 bridgehead atoms. The normalized spacial score (nSPS) is 16.3. The second-order valence-electron chi connectivity index (χ2n) is 5.03. The number of hydrogen-bond acceptors (Lipinski definition) is 4. The first-order chi connectivity index (χ1) is 8.56. The molecule has 0 spiro atoms. The van der Waals surface area contributed by atoms with Gasteiger partial charge in [0.2, 0.25) is 0 Å². The van der Waals surface area contributed by atoms with Gasteiger partial charge in [-0.05, 0) is 32.2 Å². The van der Waals surface area contributed by atoms with Crippen molar-refractivity contribution < 1.29 is 9.90 Å². The third-order valence-corrected chi connectivity index (χ3v) is 3.60. The van der Waals surface area contributed by atoms with Gasteiger partial charge < -0.3 is 5.11 Å². The quantitative estimate of drug-likeness (QED) is 0.495. The van der Waals surface area contributed by atoms with Crippen LogP contribution >= 0.6 is 0 Å². The van der Waals surface area contributed by atoms with Crippen molar-refractivity contribution in [1.82, 2.24) is 10.9 Å². The summed E-state index contributed by atoms with van der Waals surface area (Å²) in [4.78, 5) is 11.8. The fourth-order valence-electron chi connectivity index (χ4n) is 2.41. The highest BCUT2D eigenvalue weighted by atomic mass is 16.3. The Hall–Kier alpha value is -0.450. The molecular weight excluding hydrogens is 228 g/mol. The second-order valence-corrected chi connectivity index (χ2v) is 5.03. The Morgan fingerprint density at radius 3 is 2.44 bits per heavy atom. The molecule has 0 aliphatic carbocycles. The average Bonchev–Trinajstić information content (AvgIpc) is 2.36. The Morgan fingerprint density at radius 2 is 1.94 bits per heavy atom. The fourth-order valence-corrected chi connectivity index (χ4v) is 2.41. The summed E-state index contributed by atoms with van der Waals surface area (Å²) in [5.41, 5.74) is 5.69. The summed E-state index contributed by atoms with van der Waals surface area (Å²) in [7, 11) is 1.79. The van der Waals surface area contributed by atoms with Crippen LogP contribution in [0.1, 0.15) is 52.9 Å². The Bertz CT molecular complexity index is 222. The molecule has 3 N–H and O–H groups in total. The highest BCUT2D eigenvalue weighted by Crippen LogP contribution is 2.23. The molecule has 18 heavy (non-hydrogen) atoms. The predicted octanol–water partition coefficient (Wildman–Crippen LogP) is 1.88. The Labute approximate surface area is 112 Å². The van der Waals surface area contributed by atoms with E-state index in [1.165, 1.54) is 0 Å². The molecule has 0 aromatic carbocycles. The van der Waals surface area contributed by atoms with Gasteiger partial charge in [0.15, 0.2) is 0 Å². The lowest BCUT2D eigenvalue weighted by Gasteiger charge is -2.21. The number of ketones is 1. The van der Waals surface area contributed by atoms with E-state index in [1.54, 1.807) is 7.05 Å².